The van der Waals surface area contributed by atoms with Crippen molar-refractivity contribution in [1.29, 1.82) is 0 Å². The quantitative estimate of drug-likeness (QED) is 0.726. The van der Waals surface area contributed by atoms with Crippen LogP contribution in [0.5, 0.6) is 0 Å². The second-order valence-corrected chi connectivity index (χ2v) is 4.31. The summed E-state index contributed by atoms with van der Waals surface area (Å²) in [6, 6.07) is 5.12. The van der Waals surface area contributed by atoms with E-state index in [0.29, 0.717) is 12.5 Å². The summed E-state index contributed by atoms with van der Waals surface area (Å²) in [7, 11) is 1.67. The molecule has 0 fully saturated rings. The Hall–Kier alpha value is -0.800. The molecule has 1 rings (SSSR count). The van der Waals surface area contributed by atoms with Crippen molar-refractivity contribution >= 4 is 17.3 Å². The van der Waals surface area contributed by atoms with Gasteiger partial charge in [0.1, 0.15) is 5.82 Å². The summed E-state index contributed by atoms with van der Waals surface area (Å²) in [5, 5.41) is 0. The van der Waals surface area contributed by atoms with Crippen LogP contribution in [-0.2, 0) is 10.6 Å². The average molecular weight is 260 g/mol. The molecule has 96 valence electrons. The summed E-state index contributed by atoms with van der Waals surface area (Å²) in [5.41, 5.74) is 1.65. The van der Waals surface area contributed by atoms with E-state index in [0.717, 1.165) is 17.8 Å². The first kappa shape index (κ1) is 14.3. The molecule has 1 atom stereocenters. The van der Waals surface area contributed by atoms with E-state index in [1.165, 1.54) is 12.1 Å². The second kappa shape index (κ2) is 6.82. The molecule has 0 bridgehead atoms. The van der Waals surface area contributed by atoms with Gasteiger partial charge in [0.2, 0.25) is 0 Å². The zero-order valence-electron chi connectivity index (χ0n) is 10.5. The van der Waals surface area contributed by atoms with E-state index in [2.05, 4.69) is 11.8 Å². The number of alkyl halides is 1. The molecule has 4 heteroatoms. The Kier molecular flexibility index (Phi) is 5.72. The number of rotatable bonds is 6. The monoisotopic (exact) mass is 259 g/mol. The highest BCUT2D eigenvalue weighted by atomic mass is 35.5. The number of methoxy groups -OCH3 is 1. The smallest absolute Gasteiger partial charge is 0.125 e. The minimum Gasteiger partial charge on any atom is -0.383 e. The highest BCUT2D eigenvalue weighted by Gasteiger charge is 2.14. The zero-order chi connectivity index (χ0) is 12.8. The predicted molar refractivity (Wildman–Crippen MR) is 70.3 cm³/mol. The number of likely N-dealkylation sites (N-methyl/N-ethyl adjacent to an activating group) is 1. The Bertz CT molecular complexity index is 359. The summed E-state index contributed by atoms with van der Waals surface area (Å²) < 4.78 is 18.6. The molecule has 0 amide bonds. The van der Waals surface area contributed by atoms with Crippen molar-refractivity contribution < 1.29 is 9.13 Å². The van der Waals surface area contributed by atoms with E-state index < -0.39 is 0 Å². The Morgan fingerprint density at radius 3 is 2.65 bits per heavy atom. The van der Waals surface area contributed by atoms with Gasteiger partial charge in [-0.05, 0) is 37.6 Å². The van der Waals surface area contributed by atoms with Crippen LogP contribution in [0, 0.1) is 5.82 Å². The normalized spacial score (nSPS) is 12.5. The lowest BCUT2D eigenvalue weighted by Crippen LogP contribution is -2.36. The van der Waals surface area contributed by atoms with Crippen LogP contribution in [0.3, 0.4) is 0 Å². The molecule has 0 aliphatic carbocycles. The lowest BCUT2D eigenvalue weighted by atomic mass is 10.1. The molecule has 1 unspecified atom stereocenters. The van der Waals surface area contributed by atoms with Crippen LogP contribution in [0.15, 0.2) is 18.2 Å². The number of hydrogen-bond acceptors (Lipinski definition) is 2. The lowest BCUT2D eigenvalue weighted by Gasteiger charge is -2.30. The van der Waals surface area contributed by atoms with E-state index in [-0.39, 0.29) is 11.9 Å². The van der Waals surface area contributed by atoms with Gasteiger partial charge in [0.25, 0.3) is 0 Å². The van der Waals surface area contributed by atoms with Crippen LogP contribution >= 0.6 is 11.6 Å². The molecule has 0 spiro atoms. The fraction of sp³-hybridized carbons (Fsp3) is 0.538. The van der Waals surface area contributed by atoms with Crippen molar-refractivity contribution in [3.05, 3.63) is 29.6 Å². The number of ether oxygens (including phenoxy) is 1. The number of halogens is 2. The third kappa shape index (κ3) is 3.86. The summed E-state index contributed by atoms with van der Waals surface area (Å²) in [5.74, 6) is 0.0715. The van der Waals surface area contributed by atoms with Crippen molar-refractivity contribution in [3.8, 4) is 0 Å². The molecule has 0 N–H and O–H groups in total. The highest BCUT2D eigenvalue weighted by molar-refractivity contribution is 6.17. The van der Waals surface area contributed by atoms with Crippen molar-refractivity contribution in [2.75, 3.05) is 25.2 Å². The van der Waals surface area contributed by atoms with Crippen molar-refractivity contribution in [2.45, 2.75) is 25.8 Å². The molecule has 2 nitrogen and oxygen atoms in total. The Morgan fingerprint density at radius 1 is 1.41 bits per heavy atom. The average Bonchev–Trinajstić information content (AvgIpc) is 2.29. The standard InChI is InChI=1S/C13H19ClFNO/c1-4-16(10(2)9-17-3)13-6-11(8-14)5-12(15)7-13/h5-7,10H,4,8-9H2,1-3H3. The minimum atomic E-state index is -0.249. The van der Waals surface area contributed by atoms with Gasteiger partial charge in [0.05, 0.1) is 6.61 Å². The maximum atomic E-state index is 13.4. The van der Waals surface area contributed by atoms with Crippen molar-refractivity contribution in [3.63, 3.8) is 0 Å². The van der Waals surface area contributed by atoms with Crippen LogP contribution in [-0.4, -0.2) is 26.3 Å². The number of benzene rings is 1. The molecular formula is C13H19ClFNO. The van der Waals surface area contributed by atoms with Crippen LogP contribution in [0.25, 0.3) is 0 Å². The zero-order valence-corrected chi connectivity index (χ0v) is 11.3. The second-order valence-electron chi connectivity index (χ2n) is 4.04. The fourth-order valence-corrected chi connectivity index (χ4v) is 2.11. The minimum absolute atomic E-state index is 0.204. The Balaban J connectivity index is 2.98. The largest absolute Gasteiger partial charge is 0.383 e. The number of hydrogen-bond donors (Lipinski definition) is 0. The van der Waals surface area contributed by atoms with Crippen LogP contribution in [0.4, 0.5) is 10.1 Å². The maximum absolute atomic E-state index is 13.4. The first-order chi connectivity index (χ1) is 8.12. The van der Waals surface area contributed by atoms with E-state index in [1.807, 2.05) is 13.0 Å². The molecule has 0 aliphatic rings. The van der Waals surface area contributed by atoms with Crippen molar-refractivity contribution in [1.82, 2.24) is 0 Å². The summed E-state index contributed by atoms with van der Waals surface area (Å²) >= 11 is 5.75. The van der Waals surface area contributed by atoms with E-state index in [4.69, 9.17) is 16.3 Å². The SMILES string of the molecule is CCN(c1cc(F)cc(CCl)c1)C(C)COC. The fourth-order valence-electron chi connectivity index (χ4n) is 1.96. The number of anilines is 1. The van der Waals surface area contributed by atoms with E-state index in [1.54, 1.807) is 7.11 Å². The molecule has 0 aromatic heterocycles. The Morgan fingerprint density at radius 2 is 2.12 bits per heavy atom. The van der Waals surface area contributed by atoms with E-state index in [9.17, 15) is 4.39 Å². The van der Waals surface area contributed by atoms with Gasteiger partial charge in [-0.2, -0.15) is 0 Å². The van der Waals surface area contributed by atoms with Crippen LogP contribution in [0.1, 0.15) is 19.4 Å². The molecule has 0 saturated heterocycles. The molecule has 0 radical (unpaired) electrons. The molecular weight excluding hydrogens is 241 g/mol. The number of nitrogens with zero attached hydrogens (tertiary/aromatic N) is 1. The van der Waals surface area contributed by atoms with Crippen molar-refractivity contribution in [2.24, 2.45) is 0 Å². The van der Waals surface area contributed by atoms with Gasteiger partial charge in [-0.1, -0.05) is 0 Å². The molecule has 0 heterocycles. The van der Waals surface area contributed by atoms with Crippen LogP contribution in [0.2, 0.25) is 0 Å². The van der Waals surface area contributed by atoms with Gasteiger partial charge in [-0.25, -0.2) is 4.39 Å². The third-order valence-electron chi connectivity index (χ3n) is 2.71. The van der Waals surface area contributed by atoms with E-state index >= 15 is 0 Å². The van der Waals surface area contributed by atoms with Gasteiger partial charge in [0, 0.05) is 31.3 Å². The third-order valence-corrected chi connectivity index (χ3v) is 3.02. The summed E-state index contributed by atoms with van der Waals surface area (Å²) in [6.07, 6.45) is 0. The first-order valence-electron chi connectivity index (χ1n) is 5.73. The van der Waals surface area contributed by atoms with Gasteiger partial charge in [-0.3, -0.25) is 0 Å². The molecule has 17 heavy (non-hydrogen) atoms. The van der Waals surface area contributed by atoms with Crippen LogP contribution < -0.4 is 4.90 Å². The topological polar surface area (TPSA) is 12.5 Å². The maximum Gasteiger partial charge on any atom is 0.125 e. The predicted octanol–water partition coefficient (Wildman–Crippen LogP) is 3.43. The van der Waals surface area contributed by atoms with Gasteiger partial charge in [0.15, 0.2) is 0 Å². The van der Waals surface area contributed by atoms with Gasteiger partial charge < -0.3 is 9.64 Å². The lowest BCUT2D eigenvalue weighted by molar-refractivity contribution is 0.182. The van der Waals surface area contributed by atoms with Gasteiger partial charge in [-0.15, -0.1) is 11.6 Å². The molecule has 1 aromatic carbocycles. The summed E-state index contributed by atoms with van der Waals surface area (Å²) in [4.78, 5) is 2.10. The highest BCUT2D eigenvalue weighted by Crippen LogP contribution is 2.21. The van der Waals surface area contributed by atoms with Gasteiger partial charge >= 0.3 is 0 Å². The molecule has 0 saturated carbocycles. The Labute approximate surface area is 107 Å². The first-order valence-corrected chi connectivity index (χ1v) is 6.26. The molecule has 0 aliphatic heterocycles. The summed E-state index contributed by atoms with van der Waals surface area (Å²) in [6.45, 7) is 5.51. The molecule has 1 aromatic rings.